The van der Waals surface area contributed by atoms with Crippen molar-refractivity contribution in [1.29, 1.82) is 5.26 Å². The molecule has 23 heavy (non-hydrogen) atoms. The summed E-state index contributed by atoms with van der Waals surface area (Å²) in [5.41, 5.74) is 0.738. The van der Waals surface area contributed by atoms with Crippen molar-refractivity contribution in [3.05, 3.63) is 33.9 Å². The molecule has 2 aromatic rings. The molecule has 0 amide bonds. The normalized spacial score (nSPS) is 17.7. The van der Waals surface area contributed by atoms with E-state index in [1.54, 1.807) is 11.4 Å². The average molecular weight is 337 g/mol. The van der Waals surface area contributed by atoms with Crippen molar-refractivity contribution in [2.75, 3.05) is 26.6 Å². The predicted molar refractivity (Wildman–Crippen MR) is 80.4 cm³/mol. The minimum atomic E-state index is -1.09. The number of hydrogen-bond acceptors (Lipinski definition) is 6. The van der Waals surface area contributed by atoms with E-state index in [0.717, 1.165) is 17.6 Å². The highest BCUT2D eigenvalue weighted by atomic mass is 32.1. The van der Waals surface area contributed by atoms with E-state index in [1.807, 2.05) is 0 Å². The molecule has 0 spiro atoms. The van der Waals surface area contributed by atoms with Gasteiger partial charge in [0.2, 0.25) is 6.86 Å². The van der Waals surface area contributed by atoms with Crippen molar-refractivity contribution in [3.63, 3.8) is 0 Å². The predicted octanol–water partition coefficient (Wildman–Crippen LogP) is 2.79. The van der Waals surface area contributed by atoms with Gasteiger partial charge in [-0.05, 0) is 6.07 Å². The molecule has 1 N–H and O–H groups in total. The number of ether oxygens (including phenoxy) is 2. The summed E-state index contributed by atoms with van der Waals surface area (Å²) < 4.78 is 36.7. The Morgan fingerprint density at radius 2 is 2.39 bits per heavy atom. The van der Waals surface area contributed by atoms with Crippen LogP contribution in [0.15, 0.2) is 17.5 Å². The van der Waals surface area contributed by atoms with Crippen molar-refractivity contribution < 1.29 is 18.3 Å². The highest BCUT2D eigenvalue weighted by molar-refractivity contribution is 7.10. The Balaban J connectivity index is 1.97. The molecule has 0 bridgehead atoms. The molecule has 1 aliphatic heterocycles. The minimum Gasteiger partial charge on any atom is -0.462 e. The van der Waals surface area contributed by atoms with Gasteiger partial charge in [0, 0.05) is 30.1 Å². The van der Waals surface area contributed by atoms with E-state index in [2.05, 4.69) is 10.3 Å². The molecule has 0 saturated carbocycles. The number of aromatic nitrogens is 1. The molecule has 1 saturated heterocycles. The number of benzene rings is 1. The van der Waals surface area contributed by atoms with Crippen LogP contribution in [0.2, 0.25) is 0 Å². The molecule has 1 fully saturated rings. The number of alkyl halides is 1. The lowest BCUT2D eigenvalue weighted by molar-refractivity contribution is 0.0276. The number of halogens is 2. The molecular formula is C15H13F2N3O2S. The van der Waals surface area contributed by atoms with Crippen LogP contribution < -0.4 is 10.1 Å². The van der Waals surface area contributed by atoms with Crippen LogP contribution in [0, 0.1) is 17.1 Å². The quantitative estimate of drug-likeness (QED) is 0.929. The zero-order chi connectivity index (χ0) is 16.2. The van der Waals surface area contributed by atoms with Gasteiger partial charge in [-0.15, -0.1) is 11.3 Å². The van der Waals surface area contributed by atoms with E-state index >= 15 is 0 Å². The van der Waals surface area contributed by atoms with Gasteiger partial charge in [-0.1, -0.05) is 0 Å². The number of morpholine rings is 1. The number of nitriles is 1. The zero-order valence-electron chi connectivity index (χ0n) is 12.0. The molecule has 1 aliphatic rings. The second kappa shape index (κ2) is 7.00. The number of nitrogens with zero attached hydrogens (tertiary/aromatic N) is 2. The third-order valence-corrected chi connectivity index (χ3v) is 4.34. The van der Waals surface area contributed by atoms with Gasteiger partial charge in [-0.2, -0.15) is 5.26 Å². The van der Waals surface area contributed by atoms with E-state index in [0.29, 0.717) is 24.4 Å². The highest BCUT2D eigenvalue weighted by Gasteiger charge is 2.21. The van der Waals surface area contributed by atoms with Gasteiger partial charge in [0.05, 0.1) is 17.9 Å². The molecule has 2 heterocycles. The van der Waals surface area contributed by atoms with Gasteiger partial charge in [-0.3, -0.25) is 0 Å². The van der Waals surface area contributed by atoms with E-state index in [-0.39, 0.29) is 17.4 Å². The molecule has 0 radical (unpaired) electrons. The molecule has 0 unspecified atom stereocenters. The third-order valence-electron chi connectivity index (χ3n) is 3.40. The Labute approximate surface area is 135 Å². The van der Waals surface area contributed by atoms with E-state index in [9.17, 15) is 8.78 Å². The molecule has 5 nitrogen and oxygen atoms in total. The van der Waals surface area contributed by atoms with Gasteiger partial charge < -0.3 is 14.8 Å². The first-order chi connectivity index (χ1) is 11.2. The fraction of sp³-hybridized carbons (Fsp3) is 0.333. The molecule has 3 rings (SSSR count). The van der Waals surface area contributed by atoms with Crippen LogP contribution in [-0.2, 0) is 4.74 Å². The Hall–Kier alpha value is -2.08. The van der Waals surface area contributed by atoms with Crippen LogP contribution in [-0.4, -0.2) is 31.5 Å². The lowest BCUT2D eigenvalue weighted by Gasteiger charge is -2.21. The maximum atomic E-state index is 13.7. The monoisotopic (exact) mass is 337 g/mol. The molecule has 1 atom stereocenters. The summed E-state index contributed by atoms with van der Waals surface area (Å²) in [6, 6.07) is 4.09. The Morgan fingerprint density at radius 3 is 3.09 bits per heavy atom. The minimum absolute atomic E-state index is 0.0172. The first kappa shape index (κ1) is 15.8. The van der Waals surface area contributed by atoms with Gasteiger partial charge in [0.25, 0.3) is 0 Å². The van der Waals surface area contributed by atoms with Crippen molar-refractivity contribution in [2.24, 2.45) is 0 Å². The standard InChI is InChI=1S/C15H13F2N3O2S/c16-8-22-13-4-11(17)9(5-18)3-10(13)12-7-23-15(20-12)14-6-19-1-2-21-14/h3-4,7,14,19H,1-2,6,8H2/t14-/m1/s1. The van der Waals surface area contributed by atoms with E-state index in [1.165, 1.54) is 17.4 Å². The molecule has 1 aromatic carbocycles. The Kier molecular flexibility index (Phi) is 4.81. The maximum Gasteiger partial charge on any atom is 0.228 e. The van der Waals surface area contributed by atoms with Crippen molar-refractivity contribution >= 4 is 11.3 Å². The molecule has 8 heteroatoms. The lowest BCUT2D eigenvalue weighted by Crippen LogP contribution is -2.33. The number of nitrogens with one attached hydrogen (secondary N) is 1. The van der Waals surface area contributed by atoms with Gasteiger partial charge in [-0.25, -0.2) is 13.8 Å². The van der Waals surface area contributed by atoms with Crippen LogP contribution in [0.4, 0.5) is 8.78 Å². The first-order valence-electron chi connectivity index (χ1n) is 6.93. The Morgan fingerprint density at radius 1 is 1.52 bits per heavy atom. The summed E-state index contributed by atoms with van der Waals surface area (Å²) in [5, 5.41) is 14.7. The summed E-state index contributed by atoms with van der Waals surface area (Å²) in [6.07, 6.45) is -0.149. The fourth-order valence-corrected chi connectivity index (χ4v) is 3.17. The largest absolute Gasteiger partial charge is 0.462 e. The third kappa shape index (κ3) is 3.32. The van der Waals surface area contributed by atoms with Crippen LogP contribution in [0.25, 0.3) is 11.3 Å². The van der Waals surface area contributed by atoms with Crippen LogP contribution >= 0.6 is 11.3 Å². The average Bonchev–Trinajstić information content (AvgIpc) is 3.06. The molecular weight excluding hydrogens is 324 g/mol. The summed E-state index contributed by atoms with van der Waals surface area (Å²) in [6.45, 7) is 0.969. The molecule has 1 aromatic heterocycles. The van der Waals surface area contributed by atoms with E-state index < -0.39 is 12.7 Å². The molecule has 0 aliphatic carbocycles. The maximum absolute atomic E-state index is 13.7. The summed E-state index contributed by atoms with van der Waals surface area (Å²) in [5.74, 6) is -0.737. The SMILES string of the molecule is N#Cc1cc(-c2csc([C@H]3CNCCO3)n2)c(OCF)cc1F. The smallest absolute Gasteiger partial charge is 0.228 e. The van der Waals surface area contributed by atoms with E-state index in [4.69, 9.17) is 14.7 Å². The Bertz CT molecular complexity index is 739. The summed E-state index contributed by atoms with van der Waals surface area (Å²) in [7, 11) is 0. The number of rotatable bonds is 4. The van der Waals surface area contributed by atoms with Crippen LogP contribution in [0.3, 0.4) is 0 Å². The first-order valence-corrected chi connectivity index (χ1v) is 7.81. The zero-order valence-corrected chi connectivity index (χ0v) is 12.8. The molecule has 120 valence electrons. The second-order valence-corrected chi connectivity index (χ2v) is 5.72. The van der Waals surface area contributed by atoms with Gasteiger partial charge >= 0.3 is 0 Å². The van der Waals surface area contributed by atoms with Crippen molar-refractivity contribution in [1.82, 2.24) is 10.3 Å². The number of hydrogen-bond donors (Lipinski definition) is 1. The van der Waals surface area contributed by atoms with Crippen LogP contribution in [0.1, 0.15) is 16.7 Å². The fourth-order valence-electron chi connectivity index (χ4n) is 2.30. The lowest BCUT2D eigenvalue weighted by atomic mass is 10.1. The summed E-state index contributed by atoms with van der Waals surface area (Å²) >= 11 is 1.39. The number of thiazole rings is 1. The van der Waals surface area contributed by atoms with Gasteiger partial charge in [0.1, 0.15) is 28.7 Å². The van der Waals surface area contributed by atoms with Crippen LogP contribution in [0.5, 0.6) is 5.75 Å². The van der Waals surface area contributed by atoms with Crippen molar-refractivity contribution in [2.45, 2.75) is 6.10 Å². The summed E-state index contributed by atoms with van der Waals surface area (Å²) in [4.78, 5) is 4.47. The highest BCUT2D eigenvalue weighted by Crippen LogP contribution is 2.35. The second-order valence-electron chi connectivity index (χ2n) is 4.83. The van der Waals surface area contributed by atoms with Gasteiger partial charge in [0.15, 0.2) is 0 Å². The van der Waals surface area contributed by atoms with Crippen molar-refractivity contribution in [3.8, 4) is 23.1 Å². The topological polar surface area (TPSA) is 67.2 Å².